The van der Waals surface area contributed by atoms with E-state index in [1.807, 2.05) is 18.2 Å². The van der Waals surface area contributed by atoms with Crippen LogP contribution in [0.1, 0.15) is 30.3 Å². The van der Waals surface area contributed by atoms with Crippen molar-refractivity contribution in [2.24, 2.45) is 0 Å². The van der Waals surface area contributed by atoms with Gasteiger partial charge in [0.1, 0.15) is 6.29 Å². The molecule has 0 saturated heterocycles. The van der Waals surface area contributed by atoms with Gasteiger partial charge in [-0.25, -0.2) is 9.50 Å². The number of hydrogen-bond acceptors (Lipinski definition) is 3. The maximum Gasteiger partial charge on any atom is 0.155 e. The number of hydrogen-bond donors (Lipinski definition) is 0. The molecule has 0 amide bonds. The second-order valence-electron chi connectivity index (χ2n) is 3.90. The molecule has 2 aromatic rings. The summed E-state index contributed by atoms with van der Waals surface area (Å²) in [5.74, 6) is 1.47. The van der Waals surface area contributed by atoms with E-state index >= 15 is 0 Å². The Morgan fingerprint density at radius 3 is 3.07 bits per heavy atom. The zero-order valence-electron chi connectivity index (χ0n) is 8.26. The summed E-state index contributed by atoms with van der Waals surface area (Å²) in [6.07, 6.45) is 3.68. The molecule has 0 bridgehead atoms. The summed E-state index contributed by atoms with van der Waals surface area (Å²) in [6, 6.07) is 5.75. The molecule has 0 spiro atoms. The Hall–Kier alpha value is -1.71. The Balaban J connectivity index is 2.14. The summed E-state index contributed by atoms with van der Waals surface area (Å²) in [5, 5.41) is 4.44. The van der Waals surface area contributed by atoms with Crippen LogP contribution in [0.4, 0.5) is 0 Å². The highest BCUT2D eigenvalue weighted by atomic mass is 16.1. The zero-order valence-corrected chi connectivity index (χ0v) is 8.26. The van der Waals surface area contributed by atoms with Crippen LogP contribution in [-0.2, 0) is 11.2 Å². The van der Waals surface area contributed by atoms with E-state index in [2.05, 4.69) is 10.1 Å². The molecule has 76 valence electrons. The lowest BCUT2D eigenvalue weighted by atomic mass is 10.3. The van der Waals surface area contributed by atoms with Crippen molar-refractivity contribution in [1.82, 2.24) is 14.6 Å². The molecule has 2 heterocycles. The second-order valence-corrected chi connectivity index (χ2v) is 3.90. The molecule has 1 saturated carbocycles. The van der Waals surface area contributed by atoms with E-state index in [1.54, 1.807) is 4.52 Å². The molecule has 4 nitrogen and oxygen atoms in total. The van der Waals surface area contributed by atoms with E-state index < -0.39 is 0 Å². The van der Waals surface area contributed by atoms with Gasteiger partial charge in [-0.1, -0.05) is 6.07 Å². The lowest BCUT2D eigenvalue weighted by Gasteiger charge is -1.97. The molecule has 0 aliphatic heterocycles. The molecular formula is C11H11N3O. The Labute approximate surface area is 86.9 Å². The lowest BCUT2D eigenvalue weighted by molar-refractivity contribution is -0.107. The van der Waals surface area contributed by atoms with Crippen molar-refractivity contribution in [2.45, 2.75) is 25.2 Å². The number of aldehydes is 1. The summed E-state index contributed by atoms with van der Waals surface area (Å²) < 4.78 is 1.78. The molecule has 0 N–H and O–H groups in total. The lowest BCUT2D eigenvalue weighted by Crippen LogP contribution is -1.99. The minimum atomic E-state index is 0.394. The van der Waals surface area contributed by atoms with Crippen LogP contribution in [0.2, 0.25) is 0 Å². The third-order valence-corrected chi connectivity index (χ3v) is 2.69. The summed E-state index contributed by atoms with van der Waals surface area (Å²) >= 11 is 0. The Morgan fingerprint density at radius 1 is 1.47 bits per heavy atom. The average molecular weight is 201 g/mol. The fourth-order valence-electron chi connectivity index (χ4n) is 1.73. The molecular weight excluding hydrogens is 190 g/mol. The highest BCUT2D eigenvalue weighted by Gasteiger charge is 2.28. The number of aromatic nitrogens is 3. The molecule has 15 heavy (non-hydrogen) atoms. The first-order valence-electron chi connectivity index (χ1n) is 5.16. The Kier molecular flexibility index (Phi) is 1.80. The van der Waals surface area contributed by atoms with Crippen LogP contribution in [0.25, 0.3) is 5.65 Å². The third-order valence-electron chi connectivity index (χ3n) is 2.69. The smallest absolute Gasteiger partial charge is 0.155 e. The first-order valence-corrected chi connectivity index (χ1v) is 5.16. The fraction of sp³-hybridized carbons (Fsp3) is 0.364. The first-order chi connectivity index (χ1) is 7.38. The van der Waals surface area contributed by atoms with Crippen molar-refractivity contribution in [1.29, 1.82) is 0 Å². The quantitative estimate of drug-likeness (QED) is 0.704. The van der Waals surface area contributed by atoms with Crippen LogP contribution < -0.4 is 0 Å². The summed E-state index contributed by atoms with van der Waals surface area (Å²) in [4.78, 5) is 15.0. The maximum atomic E-state index is 10.5. The summed E-state index contributed by atoms with van der Waals surface area (Å²) in [7, 11) is 0. The van der Waals surface area contributed by atoms with Gasteiger partial charge < -0.3 is 4.79 Å². The summed E-state index contributed by atoms with van der Waals surface area (Å²) in [6.45, 7) is 0. The monoisotopic (exact) mass is 201 g/mol. The van der Waals surface area contributed by atoms with Crippen molar-refractivity contribution < 1.29 is 4.79 Å². The molecule has 1 aliphatic rings. The van der Waals surface area contributed by atoms with Gasteiger partial charge in [0.2, 0.25) is 0 Å². The Morgan fingerprint density at radius 2 is 2.33 bits per heavy atom. The van der Waals surface area contributed by atoms with E-state index in [0.29, 0.717) is 12.3 Å². The molecule has 2 aromatic heterocycles. The maximum absolute atomic E-state index is 10.5. The van der Waals surface area contributed by atoms with Crippen LogP contribution >= 0.6 is 0 Å². The number of carbonyl (C=O) groups is 1. The highest BCUT2D eigenvalue weighted by molar-refractivity contribution is 5.55. The standard InChI is InChI=1S/C11H11N3O/c15-7-6-9-2-1-3-10-12-11(8-4-5-8)13-14(9)10/h1-3,7-8H,4-6H2. The predicted octanol–water partition coefficient (Wildman–Crippen LogP) is 1.35. The molecule has 3 rings (SSSR count). The van der Waals surface area contributed by atoms with Crippen LogP contribution in [0, 0.1) is 0 Å². The van der Waals surface area contributed by atoms with Crippen molar-refractivity contribution in [2.75, 3.05) is 0 Å². The minimum Gasteiger partial charge on any atom is -0.303 e. The van der Waals surface area contributed by atoms with E-state index in [1.165, 1.54) is 12.8 Å². The van der Waals surface area contributed by atoms with Crippen LogP contribution in [0.15, 0.2) is 18.2 Å². The van der Waals surface area contributed by atoms with Gasteiger partial charge in [0.15, 0.2) is 11.5 Å². The number of rotatable bonds is 3. The SMILES string of the molecule is O=CCc1cccc2nc(C3CC3)nn12. The largest absolute Gasteiger partial charge is 0.303 e. The van der Waals surface area contributed by atoms with E-state index in [9.17, 15) is 4.79 Å². The number of fused-ring (bicyclic) bond motifs is 1. The highest BCUT2D eigenvalue weighted by Crippen LogP contribution is 2.38. The van der Waals surface area contributed by atoms with Crippen LogP contribution in [-0.4, -0.2) is 20.9 Å². The molecule has 0 atom stereocenters. The second kappa shape index (κ2) is 3.15. The van der Waals surface area contributed by atoms with Gasteiger partial charge >= 0.3 is 0 Å². The van der Waals surface area contributed by atoms with E-state index in [4.69, 9.17) is 0 Å². The summed E-state index contributed by atoms with van der Waals surface area (Å²) in [5.41, 5.74) is 1.75. The fourth-order valence-corrected chi connectivity index (χ4v) is 1.73. The average Bonchev–Trinajstić information content (AvgIpc) is 2.99. The van der Waals surface area contributed by atoms with Gasteiger partial charge in [0, 0.05) is 12.3 Å². The molecule has 0 radical (unpaired) electrons. The predicted molar refractivity (Wildman–Crippen MR) is 54.7 cm³/mol. The van der Waals surface area contributed by atoms with Crippen LogP contribution in [0.5, 0.6) is 0 Å². The first kappa shape index (κ1) is 8.59. The zero-order chi connectivity index (χ0) is 10.3. The number of nitrogens with zero attached hydrogens (tertiary/aromatic N) is 3. The van der Waals surface area contributed by atoms with Crippen molar-refractivity contribution in [3.63, 3.8) is 0 Å². The van der Waals surface area contributed by atoms with Gasteiger partial charge in [-0.05, 0) is 25.0 Å². The van der Waals surface area contributed by atoms with Gasteiger partial charge in [0.05, 0.1) is 5.69 Å². The Bertz CT molecular complexity index is 514. The van der Waals surface area contributed by atoms with Crippen molar-refractivity contribution in [3.05, 3.63) is 29.7 Å². The van der Waals surface area contributed by atoms with Crippen LogP contribution in [0.3, 0.4) is 0 Å². The van der Waals surface area contributed by atoms with Gasteiger partial charge in [-0.15, -0.1) is 0 Å². The molecule has 0 aromatic carbocycles. The van der Waals surface area contributed by atoms with Gasteiger partial charge in [-0.3, -0.25) is 0 Å². The molecule has 0 unspecified atom stereocenters. The van der Waals surface area contributed by atoms with E-state index in [-0.39, 0.29) is 0 Å². The van der Waals surface area contributed by atoms with Crippen molar-refractivity contribution in [3.8, 4) is 0 Å². The van der Waals surface area contributed by atoms with Gasteiger partial charge in [0.25, 0.3) is 0 Å². The molecule has 1 aliphatic carbocycles. The third kappa shape index (κ3) is 1.42. The minimum absolute atomic E-state index is 0.394. The van der Waals surface area contributed by atoms with Gasteiger partial charge in [-0.2, -0.15) is 5.10 Å². The van der Waals surface area contributed by atoms with Crippen molar-refractivity contribution >= 4 is 11.9 Å². The topological polar surface area (TPSA) is 47.3 Å². The normalized spacial score (nSPS) is 15.7. The molecule has 1 fully saturated rings. The number of carbonyl (C=O) groups excluding carboxylic acids is 1. The number of pyridine rings is 1. The molecule has 4 heteroatoms. The van der Waals surface area contributed by atoms with E-state index in [0.717, 1.165) is 23.5 Å².